The molecule has 25 heavy (non-hydrogen) atoms. The SMILES string of the molecule is CCn1ncc2c(C(=O)NCC(=O)NC)cc(-c3ccccc3)nc21. The minimum atomic E-state index is -0.330. The number of benzene rings is 1. The molecule has 128 valence electrons. The van der Waals surface area contributed by atoms with Gasteiger partial charge in [0, 0.05) is 19.2 Å². The Morgan fingerprint density at radius 3 is 2.64 bits per heavy atom. The van der Waals surface area contributed by atoms with Gasteiger partial charge in [0.2, 0.25) is 5.91 Å². The first kappa shape index (κ1) is 16.6. The summed E-state index contributed by atoms with van der Waals surface area (Å²) in [7, 11) is 1.53. The fourth-order valence-electron chi connectivity index (χ4n) is 2.57. The third kappa shape index (κ3) is 3.35. The monoisotopic (exact) mass is 337 g/mol. The second-order valence-corrected chi connectivity index (χ2v) is 5.47. The Kier molecular flexibility index (Phi) is 4.74. The lowest BCUT2D eigenvalue weighted by Gasteiger charge is -2.09. The Hall–Kier alpha value is -3.22. The number of amides is 2. The predicted octanol–water partition coefficient (Wildman–Crippen LogP) is 1.59. The fraction of sp³-hybridized carbons (Fsp3) is 0.222. The maximum absolute atomic E-state index is 12.6. The summed E-state index contributed by atoms with van der Waals surface area (Å²) in [5.74, 6) is -0.588. The number of aromatic nitrogens is 3. The van der Waals surface area contributed by atoms with Crippen LogP contribution in [0.4, 0.5) is 0 Å². The van der Waals surface area contributed by atoms with Crippen molar-refractivity contribution < 1.29 is 9.59 Å². The molecule has 0 bridgehead atoms. The lowest BCUT2D eigenvalue weighted by Crippen LogP contribution is -2.35. The van der Waals surface area contributed by atoms with E-state index in [0.717, 1.165) is 5.56 Å². The van der Waals surface area contributed by atoms with E-state index >= 15 is 0 Å². The maximum atomic E-state index is 12.6. The first-order valence-electron chi connectivity index (χ1n) is 8.04. The van der Waals surface area contributed by atoms with Crippen LogP contribution in [0, 0.1) is 0 Å². The molecule has 0 saturated heterocycles. The second-order valence-electron chi connectivity index (χ2n) is 5.47. The average molecular weight is 337 g/mol. The Morgan fingerprint density at radius 2 is 1.96 bits per heavy atom. The summed E-state index contributed by atoms with van der Waals surface area (Å²) < 4.78 is 1.75. The first-order valence-corrected chi connectivity index (χ1v) is 8.04. The van der Waals surface area contributed by atoms with Crippen LogP contribution in [-0.4, -0.2) is 40.2 Å². The van der Waals surface area contributed by atoms with Gasteiger partial charge < -0.3 is 10.6 Å². The van der Waals surface area contributed by atoms with E-state index in [1.807, 2.05) is 37.3 Å². The highest BCUT2D eigenvalue weighted by atomic mass is 16.2. The number of rotatable bonds is 5. The Balaban J connectivity index is 2.08. The van der Waals surface area contributed by atoms with E-state index in [2.05, 4.69) is 20.7 Å². The molecule has 0 atom stereocenters. The molecule has 7 nitrogen and oxygen atoms in total. The molecule has 0 aliphatic rings. The van der Waals surface area contributed by atoms with Crippen LogP contribution in [0.25, 0.3) is 22.3 Å². The van der Waals surface area contributed by atoms with Crippen LogP contribution in [0.5, 0.6) is 0 Å². The molecule has 0 unspecified atom stereocenters. The van der Waals surface area contributed by atoms with Gasteiger partial charge in [0.1, 0.15) is 0 Å². The van der Waals surface area contributed by atoms with Gasteiger partial charge in [-0.1, -0.05) is 30.3 Å². The van der Waals surface area contributed by atoms with Crippen molar-refractivity contribution in [2.24, 2.45) is 0 Å². The maximum Gasteiger partial charge on any atom is 0.252 e. The van der Waals surface area contributed by atoms with Crippen LogP contribution in [-0.2, 0) is 11.3 Å². The second kappa shape index (κ2) is 7.12. The van der Waals surface area contributed by atoms with Crippen molar-refractivity contribution in [3.8, 4) is 11.3 Å². The Labute approximate surface area is 145 Å². The molecule has 2 amide bonds. The number of nitrogens with zero attached hydrogens (tertiary/aromatic N) is 3. The number of pyridine rings is 1. The smallest absolute Gasteiger partial charge is 0.252 e. The van der Waals surface area contributed by atoms with Gasteiger partial charge in [0.15, 0.2) is 5.65 Å². The van der Waals surface area contributed by atoms with Gasteiger partial charge in [-0.15, -0.1) is 0 Å². The Morgan fingerprint density at radius 1 is 1.20 bits per heavy atom. The van der Waals surface area contributed by atoms with Gasteiger partial charge in [-0.2, -0.15) is 5.10 Å². The lowest BCUT2D eigenvalue weighted by atomic mass is 10.1. The highest BCUT2D eigenvalue weighted by Gasteiger charge is 2.17. The zero-order valence-corrected chi connectivity index (χ0v) is 14.1. The molecule has 0 fully saturated rings. The number of fused-ring (bicyclic) bond motifs is 1. The zero-order valence-electron chi connectivity index (χ0n) is 14.1. The molecule has 0 spiro atoms. The molecule has 1 aromatic carbocycles. The summed E-state index contributed by atoms with van der Waals surface area (Å²) in [5.41, 5.74) is 2.70. The van der Waals surface area contributed by atoms with E-state index < -0.39 is 0 Å². The summed E-state index contributed by atoms with van der Waals surface area (Å²) >= 11 is 0. The highest BCUT2D eigenvalue weighted by molar-refractivity contribution is 6.07. The number of hydrogen-bond acceptors (Lipinski definition) is 4. The third-order valence-corrected chi connectivity index (χ3v) is 3.91. The van der Waals surface area contributed by atoms with E-state index in [-0.39, 0.29) is 18.4 Å². The highest BCUT2D eigenvalue weighted by Crippen LogP contribution is 2.24. The topological polar surface area (TPSA) is 88.9 Å². The van der Waals surface area contributed by atoms with Gasteiger partial charge >= 0.3 is 0 Å². The van der Waals surface area contributed by atoms with Crippen LogP contribution < -0.4 is 10.6 Å². The minimum absolute atomic E-state index is 0.0816. The van der Waals surface area contributed by atoms with Gasteiger partial charge in [0.25, 0.3) is 5.91 Å². The molecule has 7 heteroatoms. The lowest BCUT2D eigenvalue weighted by molar-refractivity contribution is -0.119. The van der Waals surface area contributed by atoms with Crippen molar-refractivity contribution >= 4 is 22.8 Å². The minimum Gasteiger partial charge on any atom is -0.358 e. The number of hydrogen-bond donors (Lipinski definition) is 2. The molecule has 0 aliphatic heterocycles. The van der Waals surface area contributed by atoms with E-state index in [4.69, 9.17) is 0 Å². The van der Waals surface area contributed by atoms with Gasteiger partial charge in [-0.3, -0.25) is 9.59 Å². The van der Waals surface area contributed by atoms with E-state index in [9.17, 15) is 9.59 Å². The standard InChI is InChI=1S/C18H19N5O2/c1-3-23-17-14(10-21-23)13(18(25)20-11-16(24)19-2)9-15(22-17)12-7-5-4-6-8-12/h4-10H,3,11H2,1-2H3,(H,19,24)(H,20,25). The van der Waals surface area contributed by atoms with Crippen LogP contribution in [0.15, 0.2) is 42.6 Å². The summed E-state index contributed by atoms with van der Waals surface area (Å²) in [5, 5.41) is 10.1. The van der Waals surface area contributed by atoms with Crippen LogP contribution in [0.3, 0.4) is 0 Å². The largest absolute Gasteiger partial charge is 0.358 e. The van der Waals surface area contributed by atoms with E-state index in [0.29, 0.717) is 28.8 Å². The molecule has 0 aliphatic carbocycles. The van der Waals surface area contributed by atoms with Crippen molar-refractivity contribution in [3.63, 3.8) is 0 Å². The first-order chi connectivity index (χ1) is 12.1. The molecule has 2 aromatic heterocycles. The molecule has 0 radical (unpaired) electrons. The third-order valence-electron chi connectivity index (χ3n) is 3.91. The number of carbonyl (C=O) groups is 2. The van der Waals surface area contributed by atoms with Gasteiger partial charge in [-0.25, -0.2) is 9.67 Å². The predicted molar refractivity (Wildman–Crippen MR) is 95.0 cm³/mol. The van der Waals surface area contributed by atoms with Crippen molar-refractivity contribution in [1.29, 1.82) is 0 Å². The molecule has 3 rings (SSSR count). The van der Waals surface area contributed by atoms with E-state index in [1.54, 1.807) is 16.9 Å². The van der Waals surface area contributed by atoms with E-state index in [1.165, 1.54) is 7.05 Å². The summed E-state index contributed by atoms with van der Waals surface area (Å²) in [6.45, 7) is 2.53. The van der Waals surface area contributed by atoms with Crippen molar-refractivity contribution in [2.45, 2.75) is 13.5 Å². The van der Waals surface area contributed by atoms with Crippen LogP contribution in [0.1, 0.15) is 17.3 Å². The summed E-state index contributed by atoms with van der Waals surface area (Å²) in [6.07, 6.45) is 1.63. The normalized spacial score (nSPS) is 10.6. The number of likely N-dealkylation sites (N-methyl/N-ethyl adjacent to an activating group) is 1. The molecule has 2 heterocycles. The molecule has 3 aromatic rings. The molecule has 0 saturated carbocycles. The van der Waals surface area contributed by atoms with Crippen molar-refractivity contribution in [1.82, 2.24) is 25.4 Å². The Bertz CT molecular complexity index is 918. The summed E-state index contributed by atoms with van der Waals surface area (Å²) in [4.78, 5) is 28.7. The van der Waals surface area contributed by atoms with Gasteiger partial charge in [0.05, 0.1) is 29.4 Å². The fourth-order valence-corrected chi connectivity index (χ4v) is 2.57. The molecular formula is C18H19N5O2. The number of carbonyl (C=O) groups excluding carboxylic acids is 2. The average Bonchev–Trinajstić information content (AvgIpc) is 3.08. The van der Waals surface area contributed by atoms with Crippen molar-refractivity contribution in [3.05, 3.63) is 48.2 Å². The quantitative estimate of drug-likeness (QED) is 0.740. The number of nitrogens with one attached hydrogen (secondary N) is 2. The zero-order chi connectivity index (χ0) is 17.8. The molecule has 2 N–H and O–H groups in total. The van der Waals surface area contributed by atoms with Crippen LogP contribution in [0.2, 0.25) is 0 Å². The van der Waals surface area contributed by atoms with Gasteiger partial charge in [-0.05, 0) is 13.0 Å². The molecular weight excluding hydrogens is 318 g/mol. The van der Waals surface area contributed by atoms with Crippen molar-refractivity contribution in [2.75, 3.05) is 13.6 Å². The summed E-state index contributed by atoms with van der Waals surface area (Å²) in [6, 6.07) is 11.4. The number of aryl methyl sites for hydroxylation is 1. The van der Waals surface area contributed by atoms with Crippen LogP contribution >= 0.6 is 0 Å².